The molecule has 5 nitrogen and oxygen atoms in total. The van der Waals surface area contributed by atoms with Crippen LogP contribution < -0.4 is 4.74 Å². The van der Waals surface area contributed by atoms with E-state index in [4.69, 9.17) is 9.84 Å². The van der Waals surface area contributed by atoms with Gasteiger partial charge in [0.15, 0.2) is 6.61 Å². The van der Waals surface area contributed by atoms with Crippen LogP contribution in [-0.2, 0) is 4.79 Å². The Morgan fingerprint density at radius 2 is 2.12 bits per heavy atom. The number of nitrogens with zero attached hydrogens (tertiary/aromatic N) is 2. The quantitative estimate of drug-likeness (QED) is 0.874. The van der Waals surface area contributed by atoms with E-state index < -0.39 is 5.97 Å². The molecule has 1 heterocycles. The van der Waals surface area contributed by atoms with Crippen LogP contribution in [-0.4, -0.2) is 27.3 Å². The number of ether oxygens (including phenoxy) is 1. The number of hydrogen-bond donors (Lipinski definition) is 1. The molecule has 0 fully saturated rings. The number of rotatable bonds is 4. The van der Waals surface area contributed by atoms with Crippen molar-refractivity contribution in [2.45, 2.75) is 0 Å². The van der Waals surface area contributed by atoms with Crippen LogP contribution >= 0.6 is 11.5 Å². The molecule has 1 aromatic heterocycles. The highest BCUT2D eigenvalue weighted by Crippen LogP contribution is 2.20. The van der Waals surface area contributed by atoms with E-state index >= 15 is 0 Å². The topological polar surface area (TPSA) is 72.3 Å². The van der Waals surface area contributed by atoms with E-state index in [2.05, 4.69) is 9.59 Å². The Hall–Kier alpha value is -1.95. The fourth-order valence-electron chi connectivity index (χ4n) is 1.16. The molecule has 82 valence electrons. The average Bonchev–Trinajstić information content (AvgIpc) is 2.80. The Morgan fingerprint density at radius 3 is 2.69 bits per heavy atom. The third-order valence-corrected chi connectivity index (χ3v) is 2.38. The third kappa shape index (κ3) is 2.54. The normalized spacial score (nSPS) is 10.0. The van der Waals surface area contributed by atoms with Gasteiger partial charge < -0.3 is 9.84 Å². The first-order chi connectivity index (χ1) is 7.75. The summed E-state index contributed by atoms with van der Waals surface area (Å²) in [4.78, 5) is 10.3. The van der Waals surface area contributed by atoms with E-state index in [9.17, 15) is 4.79 Å². The molecule has 0 atom stereocenters. The maximum atomic E-state index is 10.3. The fraction of sp³-hybridized carbons (Fsp3) is 0.100. The van der Waals surface area contributed by atoms with Gasteiger partial charge in [-0.2, -0.15) is 0 Å². The molecule has 0 saturated heterocycles. The fourth-order valence-corrected chi connectivity index (χ4v) is 1.62. The van der Waals surface area contributed by atoms with Crippen molar-refractivity contribution in [2.75, 3.05) is 6.61 Å². The number of benzene rings is 1. The Balaban J connectivity index is 2.08. The molecular weight excluding hydrogens is 228 g/mol. The summed E-state index contributed by atoms with van der Waals surface area (Å²) in [6.07, 6.45) is 0. The molecule has 0 amide bonds. The lowest BCUT2D eigenvalue weighted by molar-refractivity contribution is -0.139. The van der Waals surface area contributed by atoms with Gasteiger partial charge in [-0.25, -0.2) is 4.79 Å². The van der Waals surface area contributed by atoms with Gasteiger partial charge in [-0.3, -0.25) is 0 Å². The Morgan fingerprint density at radius 1 is 1.38 bits per heavy atom. The minimum absolute atomic E-state index is 0.336. The van der Waals surface area contributed by atoms with E-state index in [0.29, 0.717) is 5.75 Å². The first-order valence-electron chi connectivity index (χ1n) is 4.48. The Kier molecular flexibility index (Phi) is 3.11. The molecule has 0 radical (unpaired) electrons. The molecule has 0 spiro atoms. The summed E-state index contributed by atoms with van der Waals surface area (Å²) in [5, 5.41) is 14.2. The molecule has 16 heavy (non-hydrogen) atoms. The van der Waals surface area contributed by atoms with Crippen molar-refractivity contribution < 1.29 is 14.6 Å². The maximum absolute atomic E-state index is 10.3. The largest absolute Gasteiger partial charge is 0.482 e. The van der Waals surface area contributed by atoms with Gasteiger partial charge in [0.25, 0.3) is 0 Å². The van der Waals surface area contributed by atoms with Gasteiger partial charge in [0, 0.05) is 10.9 Å². The third-order valence-electron chi connectivity index (χ3n) is 1.87. The first-order valence-corrected chi connectivity index (χ1v) is 5.31. The molecule has 1 N–H and O–H groups in total. The smallest absolute Gasteiger partial charge is 0.341 e. The van der Waals surface area contributed by atoms with Crippen LogP contribution in [0.3, 0.4) is 0 Å². The van der Waals surface area contributed by atoms with Crippen LogP contribution in [0.2, 0.25) is 0 Å². The molecule has 0 aliphatic rings. The van der Waals surface area contributed by atoms with Crippen LogP contribution in [0.15, 0.2) is 29.6 Å². The van der Waals surface area contributed by atoms with E-state index in [1.54, 1.807) is 12.1 Å². The first kappa shape index (κ1) is 10.6. The molecule has 0 aliphatic carbocycles. The maximum Gasteiger partial charge on any atom is 0.341 e. The van der Waals surface area contributed by atoms with Crippen LogP contribution in [0, 0.1) is 0 Å². The van der Waals surface area contributed by atoms with Crippen molar-refractivity contribution in [3.05, 3.63) is 29.6 Å². The summed E-state index contributed by atoms with van der Waals surface area (Å²) < 4.78 is 8.77. The standard InChI is InChI=1S/C10H8N2O3S/c13-10(14)5-15-8-3-1-7(2-4-8)9-6-16-12-11-9/h1-4,6H,5H2,(H,13,14). The molecule has 2 aromatic rings. The van der Waals surface area contributed by atoms with E-state index in [1.165, 1.54) is 11.5 Å². The molecular formula is C10H8N2O3S. The average molecular weight is 236 g/mol. The molecule has 6 heteroatoms. The second kappa shape index (κ2) is 4.71. The summed E-state index contributed by atoms with van der Waals surface area (Å²) in [6, 6.07) is 7.04. The molecule has 0 aliphatic heterocycles. The number of carbonyl (C=O) groups is 1. The van der Waals surface area contributed by atoms with Crippen LogP contribution in [0.5, 0.6) is 5.75 Å². The number of carboxylic acid groups (broad SMARTS) is 1. The van der Waals surface area contributed by atoms with Crippen molar-refractivity contribution in [1.29, 1.82) is 0 Å². The molecule has 1 aromatic carbocycles. The number of hydrogen-bond acceptors (Lipinski definition) is 5. The second-order valence-electron chi connectivity index (χ2n) is 3.00. The minimum atomic E-state index is -0.993. The zero-order valence-electron chi connectivity index (χ0n) is 8.16. The zero-order chi connectivity index (χ0) is 11.4. The monoisotopic (exact) mass is 236 g/mol. The lowest BCUT2D eigenvalue weighted by Gasteiger charge is -2.03. The highest BCUT2D eigenvalue weighted by atomic mass is 32.1. The van der Waals surface area contributed by atoms with Crippen molar-refractivity contribution in [3.8, 4) is 17.0 Å². The number of aromatic nitrogens is 2. The van der Waals surface area contributed by atoms with Gasteiger partial charge in [-0.05, 0) is 35.8 Å². The van der Waals surface area contributed by atoms with E-state index in [1.807, 2.05) is 17.5 Å². The highest BCUT2D eigenvalue weighted by molar-refractivity contribution is 7.03. The van der Waals surface area contributed by atoms with Gasteiger partial charge in [0.1, 0.15) is 11.4 Å². The summed E-state index contributed by atoms with van der Waals surface area (Å²) in [6.45, 7) is -0.336. The number of carboxylic acids is 1. The molecule has 2 rings (SSSR count). The van der Waals surface area contributed by atoms with Gasteiger partial charge >= 0.3 is 5.97 Å². The summed E-state index contributed by atoms with van der Waals surface area (Å²) in [5.74, 6) is -0.470. The summed E-state index contributed by atoms with van der Waals surface area (Å²) in [7, 11) is 0. The molecule has 0 bridgehead atoms. The molecule has 0 unspecified atom stereocenters. The lowest BCUT2D eigenvalue weighted by atomic mass is 10.2. The SMILES string of the molecule is O=C(O)COc1ccc(-c2csnn2)cc1. The van der Waals surface area contributed by atoms with E-state index in [-0.39, 0.29) is 6.61 Å². The van der Waals surface area contributed by atoms with Gasteiger partial charge in [-0.15, -0.1) is 5.10 Å². The van der Waals surface area contributed by atoms with Crippen molar-refractivity contribution in [3.63, 3.8) is 0 Å². The van der Waals surface area contributed by atoms with Gasteiger partial charge in [0.05, 0.1) is 0 Å². The second-order valence-corrected chi connectivity index (χ2v) is 3.61. The Bertz CT molecular complexity index is 467. The highest BCUT2D eigenvalue weighted by Gasteiger charge is 2.02. The van der Waals surface area contributed by atoms with Gasteiger partial charge in [0.2, 0.25) is 0 Å². The van der Waals surface area contributed by atoms with Crippen LogP contribution in [0.25, 0.3) is 11.3 Å². The summed E-state index contributed by atoms with van der Waals surface area (Å²) in [5.41, 5.74) is 1.73. The summed E-state index contributed by atoms with van der Waals surface area (Å²) >= 11 is 1.28. The molecule has 0 saturated carbocycles. The van der Waals surface area contributed by atoms with E-state index in [0.717, 1.165) is 11.3 Å². The predicted octanol–water partition coefficient (Wildman–Crippen LogP) is 1.67. The van der Waals surface area contributed by atoms with Crippen LogP contribution in [0.1, 0.15) is 0 Å². The zero-order valence-corrected chi connectivity index (χ0v) is 8.98. The van der Waals surface area contributed by atoms with Crippen LogP contribution in [0.4, 0.5) is 0 Å². The number of aliphatic carboxylic acids is 1. The Labute approximate surface area is 95.5 Å². The van der Waals surface area contributed by atoms with Gasteiger partial charge in [-0.1, -0.05) is 4.49 Å². The van der Waals surface area contributed by atoms with Crippen molar-refractivity contribution in [2.24, 2.45) is 0 Å². The minimum Gasteiger partial charge on any atom is -0.482 e. The predicted molar refractivity (Wildman–Crippen MR) is 58.5 cm³/mol. The van der Waals surface area contributed by atoms with Crippen molar-refractivity contribution in [1.82, 2.24) is 9.59 Å². The lowest BCUT2D eigenvalue weighted by Crippen LogP contribution is -2.09. The van der Waals surface area contributed by atoms with Crippen molar-refractivity contribution >= 4 is 17.5 Å².